The van der Waals surface area contributed by atoms with Gasteiger partial charge in [0, 0.05) is 32.9 Å². The molecular weight excluding hydrogens is 292 g/mol. The van der Waals surface area contributed by atoms with Crippen molar-refractivity contribution in [1.82, 2.24) is 4.31 Å². The van der Waals surface area contributed by atoms with E-state index in [1.807, 2.05) is 0 Å². The summed E-state index contributed by atoms with van der Waals surface area (Å²) in [5.41, 5.74) is 6.14. The third kappa shape index (κ3) is 3.66. The van der Waals surface area contributed by atoms with Crippen LogP contribution in [-0.2, 0) is 14.8 Å². The number of hydrogen-bond acceptors (Lipinski definition) is 5. The van der Waals surface area contributed by atoms with Gasteiger partial charge in [-0.15, -0.1) is 0 Å². The molecule has 0 atom stereocenters. The molecule has 2 rings (SSSR count). The lowest BCUT2D eigenvalue weighted by Gasteiger charge is -2.26. The van der Waals surface area contributed by atoms with Crippen LogP contribution < -0.4 is 10.5 Å². The molecule has 0 unspecified atom stereocenters. The second kappa shape index (κ2) is 6.64. The molecule has 0 amide bonds. The van der Waals surface area contributed by atoms with Crippen LogP contribution in [0.5, 0.6) is 5.75 Å². The summed E-state index contributed by atoms with van der Waals surface area (Å²) in [6.07, 6.45) is 1.79. The van der Waals surface area contributed by atoms with Gasteiger partial charge in [0.25, 0.3) is 0 Å². The summed E-state index contributed by atoms with van der Waals surface area (Å²) in [6.45, 7) is 1.90. The van der Waals surface area contributed by atoms with E-state index in [4.69, 9.17) is 15.2 Å². The molecule has 7 heteroatoms. The Hall–Kier alpha value is -1.31. The van der Waals surface area contributed by atoms with Crippen LogP contribution in [0.1, 0.15) is 12.8 Å². The highest BCUT2D eigenvalue weighted by Crippen LogP contribution is 2.27. The van der Waals surface area contributed by atoms with Crippen LogP contribution in [0.15, 0.2) is 23.1 Å². The van der Waals surface area contributed by atoms with Gasteiger partial charge < -0.3 is 15.2 Å². The monoisotopic (exact) mass is 314 g/mol. The third-order valence-electron chi connectivity index (χ3n) is 3.77. The lowest BCUT2D eigenvalue weighted by molar-refractivity contribution is 0.0620. The molecule has 1 aromatic carbocycles. The van der Waals surface area contributed by atoms with Gasteiger partial charge in [-0.3, -0.25) is 0 Å². The summed E-state index contributed by atoms with van der Waals surface area (Å²) < 4.78 is 36.9. The molecule has 0 bridgehead atoms. The van der Waals surface area contributed by atoms with Crippen molar-refractivity contribution in [2.75, 3.05) is 39.6 Å². The fraction of sp³-hybridized carbons (Fsp3) is 0.571. The van der Waals surface area contributed by atoms with Crippen molar-refractivity contribution >= 4 is 15.7 Å². The molecule has 0 aromatic heterocycles. The van der Waals surface area contributed by atoms with E-state index in [2.05, 4.69) is 0 Å². The molecule has 118 valence electrons. The van der Waals surface area contributed by atoms with Crippen molar-refractivity contribution in [1.29, 1.82) is 0 Å². The molecule has 21 heavy (non-hydrogen) atoms. The minimum atomic E-state index is -3.53. The number of rotatable bonds is 5. The maximum absolute atomic E-state index is 12.6. The van der Waals surface area contributed by atoms with Crippen LogP contribution in [-0.4, -0.2) is 46.6 Å². The highest BCUT2D eigenvalue weighted by atomic mass is 32.2. The van der Waals surface area contributed by atoms with Crippen LogP contribution in [0, 0.1) is 5.92 Å². The first-order valence-corrected chi connectivity index (χ1v) is 8.36. The molecule has 1 heterocycles. The third-order valence-corrected chi connectivity index (χ3v) is 5.59. The van der Waals surface area contributed by atoms with Gasteiger partial charge in [-0.05, 0) is 30.9 Å². The zero-order valence-electron chi connectivity index (χ0n) is 12.4. The summed E-state index contributed by atoms with van der Waals surface area (Å²) in [5, 5.41) is 0. The number of nitrogens with zero attached hydrogens (tertiary/aromatic N) is 1. The van der Waals surface area contributed by atoms with Gasteiger partial charge in [-0.1, -0.05) is 0 Å². The average Bonchev–Trinajstić information content (AvgIpc) is 2.48. The zero-order chi connectivity index (χ0) is 15.5. The molecule has 1 aliphatic rings. The molecule has 0 spiro atoms. The Morgan fingerprint density at radius 2 is 2.05 bits per heavy atom. The van der Waals surface area contributed by atoms with Gasteiger partial charge in [0.2, 0.25) is 10.0 Å². The fourth-order valence-corrected chi connectivity index (χ4v) is 3.69. The lowest BCUT2D eigenvalue weighted by Crippen LogP contribution is -2.34. The van der Waals surface area contributed by atoms with E-state index in [-0.39, 0.29) is 4.90 Å². The van der Waals surface area contributed by atoms with Gasteiger partial charge in [-0.2, -0.15) is 0 Å². The van der Waals surface area contributed by atoms with E-state index in [1.165, 1.54) is 23.5 Å². The van der Waals surface area contributed by atoms with Crippen molar-refractivity contribution in [2.45, 2.75) is 17.7 Å². The Labute approximate surface area is 125 Å². The first-order chi connectivity index (χ1) is 9.95. The molecule has 1 fully saturated rings. The summed E-state index contributed by atoms with van der Waals surface area (Å²) in [5.74, 6) is 0.713. The summed E-state index contributed by atoms with van der Waals surface area (Å²) in [4.78, 5) is 0.197. The molecule has 2 N–H and O–H groups in total. The normalized spacial score (nSPS) is 17.1. The van der Waals surface area contributed by atoms with E-state index in [9.17, 15) is 8.42 Å². The van der Waals surface area contributed by atoms with E-state index in [0.29, 0.717) is 37.1 Å². The van der Waals surface area contributed by atoms with E-state index in [0.717, 1.165) is 12.8 Å². The predicted molar refractivity (Wildman–Crippen MR) is 80.8 cm³/mol. The van der Waals surface area contributed by atoms with E-state index in [1.54, 1.807) is 13.1 Å². The smallest absolute Gasteiger partial charge is 0.242 e. The molecule has 0 aliphatic carbocycles. The highest BCUT2D eigenvalue weighted by molar-refractivity contribution is 7.89. The Morgan fingerprint density at radius 3 is 2.67 bits per heavy atom. The molecule has 0 radical (unpaired) electrons. The van der Waals surface area contributed by atoms with Gasteiger partial charge in [0.05, 0.1) is 17.7 Å². The van der Waals surface area contributed by atoms with Gasteiger partial charge in [-0.25, -0.2) is 12.7 Å². The maximum atomic E-state index is 12.6. The van der Waals surface area contributed by atoms with Crippen LogP contribution in [0.2, 0.25) is 0 Å². The number of anilines is 1. The number of ether oxygens (including phenoxy) is 2. The molecular formula is C14H22N2O4S. The van der Waals surface area contributed by atoms with Crippen molar-refractivity contribution < 1.29 is 17.9 Å². The zero-order valence-corrected chi connectivity index (χ0v) is 13.2. The van der Waals surface area contributed by atoms with Crippen molar-refractivity contribution in [3.8, 4) is 5.75 Å². The Bertz CT molecular complexity index is 583. The first kappa shape index (κ1) is 16.1. The molecule has 0 saturated carbocycles. The number of methoxy groups -OCH3 is 1. The topological polar surface area (TPSA) is 81.9 Å². The van der Waals surface area contributed by atoms with Crippen LogP contribution in [0.4, 0.5) is 5.69 Å². The van der Waals surface area contributed by atoms with Gasteiger partial charge in [0.15, 0.2) is 0 Å². The predicted octanol–water partition coefficient (Wildman–Crippen LogP) is 1.32. The minimum absolute atomic E-state index is 0.197. The summed E-state index contributed by atoms with van der Waals surface area (Å²) in [7, 11) is -0.460. The van der Waals surface area contributed by atoms with Gasteiger partial charge >= 0.3 is 0 Å². The molecule has 1 aromatic rings. The minimum Gasteiger partial charge on any atom is -0.495 e. The standard InChI is InChI=1S/C14H22N2O4S/c1-16(10-11-5-7-20-8-6-11)21(17,18)12-3-4-13(15)14(9-12)19-2/h3-4,9,11H,5-8,10,15H2,1-2H3. The van der Waals surface area contributed by atoms with E-state index < -0.39 is 10.0 Å². The van der Waals surface area contributed by atoms with Crippen LogP contribution >= 0.6 is 0 Å². The first-order valence-electron chi connectivity index (χ1n) is 6.92. The molecule has 1 aliphatic heterocycles. The van der Waals surface area contributed by atoms with Crippen molar-refractivity contribution in [3.05, 3.63) is 18.2 Å². The summed E-state index contributed by atoms with van der Waals surface area (Å²) in [6, 6.07) is 4.52. The van der Waals surface area contributed by atoms with Gasteiger partial charge in [0.1, 0.15) is 5.75 Å². The molecule has 6 nitrogen and oxygen atoms in total. The van der Waals surface area contributed by atoms with Crippen LogP contribution in [0.3, 0.4) is 0 Å². The van der Waals surface area contributed by atoms with E-state index >= 15 is 0 Å². The number of nitrogens with two attached hydrogens (primary N) is 1. The Morgan fingerprint density at radius 1 is 1.38 bits per heavy atom. The summed E-state index contributed by atoms with van der Waals surface area (Å²) >= 11 is 0. The SMILES string of the molecule is COc1cc(S(=O)(=O)N(C)CC2CCOCC2)ccc1N. The largest absolute Gasteiger partial charge is 0.495 e. The highest BCUT2D eigenvalue weighted by Gasteiger charge is 2.25. The van der Waals surface area contributed by atoms with Crippen molar-refractivity contribution in [2.24, 2.45) is 5.92 Å². The number of benzene rings is 1. The van der Waals surface area contributed by atoms with Crippen molar-refractivity contribution in [3.63, 3.8) is 0 Å². The average molecular weight is 314 g/mol. The Kier molecular flexibility index (Phi) is 5.08. The Balaban J connectivity index is 2.16. The second-order valence-corrected chi connectivity index (χ2v) is 7.29. The fourth-order valence-electron chi connectivity index (χ4n) is 2.42. The molecule has 1 saturated heterocycles. The number of nitrogen functional groups attached to an aromatic ring is 1. The number of hydrogen-bond donors (Lipinski definition) is 1. The quantitative estimate of drug-likeness (QED) is 0.829. The maximum Gasteiger partial charge on any atom is 0.242 e. The van der Waals surface area contributed by atoms with Crippen LogP contribution in [0.25, 0.3) is 0 Å². The number of sulfonamides is 1. The second-order valence-electron chi connectivity index (χ2n) is 5.25. The lowest BCUT2D eigenvalue weighted by atomic mass is 10.0.